The molecule has 0 radical (unpaired) electrons. The maximum atomic E-state index is 11.5. The maximum Gasteiger partial charge on any atom is 0.208 e. The van der Waals surface area contributed by atoms with Crippen LogP contribution in [0.15, 0.2) is 18.2 Å². The summed E-state index contributed by atoms with van der Waals surface area (Å²) >= 11 is 0. The molecule has 2 saturated heterocycles. The average molecular weight is 353 g/mol. The van der Waals surface area contributed by atoms with E-state index in [2.05, 4.69) is 41.7 Å². The zero-order valence-corrected chi connectivity index (χ0v) is 15.7. The standard InChI is InChI=1S/C18H28N2O3S/c1-14-4-5-15(2)16(10-14)12-20-8-7-18(13-20)11-17(6-9-23-18)19-24(3,21)22/h4-5,10,17,19H,6-9,11-13H2,1-3H3/t17-,18+/m0/s1. The molecule has 0 unspecified atom stereocenters. The molecule has 24 heavy (non-hydrogen) atoms. The number of nitrogens with one attached hydrogen (secondary N) is 1. The van der Waals surface area contributed by atoms with Crippen molar-refractivity contribution in [3.8, 4) is 0 Å². The highest BCUT2D eigenvalue weighted by Crippen LogP contribution is 2.35. The molecular formula is C18H28N2O3S. The third kappa shape index (κ3) is 4.36. The van der Waals surface area contributed by atoms with Crippen molar-refractivity contribution in [3.05, 3.63) is 34.9 Å². The molecule has 1 spiro atoms. The molecule has 1 N–H and O–H groups in total. The van der Waals surface area contributed by atoms with Gasteiger partial charge in [-0.05, 0) is 44.2 Å². The van der Waals surface area contributed by atoms with Gasteiger partial charge in [-0.3, -0.25) is 4.90 Å². The summed E-state index contributed by atoms with van der Waals surface area (Å²) in [4.78, 5) is 2.44. The van der Waals surface area contributed by atoms with Gasteiger partial charge in [-0.15, -0.1) is 0 Å². The summed E-state index contributed by atoms with van der Waals surface area (Å²) in [6, 6.07) is 6.58. The number of benzene rings is 1. The van der Waals surface area contributed by atoms with Crippen LogP contribution in [0.4, 0.5) is 0 Å². The van der Waals surface area contributed by atoms with Gasteiger partial charge in [-0.25, -0.2) is 13.1 Å². The van der Waals surface area contributed by atoms with Gasteiger partial charge in [0, 0.05) is 32.3 Å². The SMILES string of the molecule is Cc1ccc(C)c(CN2CC[C@@]3(C[C@@H](NS(C)(=O)=O)CCO3)C2)c1. The van der Waals surface area contributed by atoms with Crippen molar-refractivity contribution in [1.82, 2.24) is 9.62 Å². The number of hydrogen-bond acceptors (Lipinski definition) is 4. The quantitative estimate of drug-likeness (QED) is 0.900. The van der Waals surface area contributed by atoms with Gasteiger partial charge in [0.15, 0.2) is 0 Å². The van der Waals surface area contributed by atoms with E-state index in [1.807, 2.05) is 0 Å². The second-order valence-electron chi connectivity index (χ2n) is 7.50. The molecule has 0 aliphatic carbocycles. The Labute approximate surface area is 145 Å². The van der Waals surface area contributed by atoms with E-state index in [-0.39, 0.29) is 11.6 Å². The van der Waals surface area contributed by atoms with Crippen LogP contribution >= 0.6 is 0 Å². The van der Waals surface area contributed by atoms with Crippen LogP contribution < -0.4 is 4.72 Å². The van der Waals surface area contributed by atoms with Crippen LogP contribution in [0.3, 0.4) is 0 Å². The fourth-order valence-corrected chi connectivity index (χ4v) is 4.80. The Balaban J connectivity index is 1.64. The monoisotopic (exact) mass is 352 g/mol. The summed E-state index contributed by atoms with van der Waals surface area (Å²) < 4.78 is 31.9. The van der Waals surface area contributed by atoms with Gasteiger partial charge in [-0.2, -0.15) is 0 Å². The number of nitrogens with zero attached hydrogens (tertiary/aromatic N) is 1. The summed E-state index contributed by atoms with van der Waals surface area (Å²) in [5.41, 5.74) is 3.78. The highest BCUT2D eigenvalue weighted by Gasteiger charge is 2.43. The van der Waals surface area contributed by atoms with Crippen molar-refractivity contribution in [3.63, 3.8) is 0 Å². The summed E-state index contributed by atoms with van der Waals surface area (Å²) in [5.74, 6) is 0. The van der Waals surface area contributed by atoms with Gasteiger partial charge in [0.25, 0.3) is 0 Å². The van der Waals surface area contributed by atoms with Crippen LogP contribution in [0.1, 0.15) is 36.0 Å². The van der Waals surface area contributed by atoms with Crippen molar-refractivity contribution < 1.29 is 13.2 Å². The average Bonchev–Trinajstić information content (AvgIpc) is 2.83. The highest BCUT2D eigenvalue weighted by atomic mass is 32.2. The molecule has 3 rings (SSSR count). The molecule has 6 heteroatoms. The van der Waals surface area contributed by atoms with Gasteiger partial charge in [0.1, 0.15) is 0 Å². The predicted octanol–water partition coefficient (Wildman–Crippen LogP) is 1.98. The lowest BCUT2D eigenvalue weighted by atomic mass is 9.90. The van der Waals surface area contributed by atoms with Crippen molar-refractivity contribution in [1.29, 1.82) is 0 Å². The van der Waals surface area contributed by atoms with Gasteiger partial charge in [-0.1, -0.05) is 23.8 Å². The van der Waals surface area contributed by atoms with Crippen LogP contribution in [0, 0.1) is 13.8 Å². The minimum Gasteiger partial charge on any atom is -0.373 e. The maximum absolute atomic E-state index is 11.5. The normalized spacial score (nSPS) is 28.5. The Bertz CT molecular complexity index is 704. The molecule has 0 saturated carbocycles. The van der Waals surface area contributed by atoms with Crippen molar-refractivity contribution in [2.75, 3.05) is 26.0 Å². The number of sulfonamides is 1. The molecular weight excluding hydrogens is 324 g/mol. The summed E-state index contributed by atoms with van der Waals surface area (Å²) in [5, 5.41) is 0. The first-order chi connectivity index (χ1) is 11.2. The molecule has 2 aliphatic heterocycles. The fourth-order valence-electron chi connectivity index (χ4n) is 3.99. The van der Waals surface area contributed by atoms with E-state index in [0.29, 0.717) is 6.61 Å². The Kier molecular flexibility index (Phi) is 5.02. The zero-order chi connectivity index (χ0) is 17.4. The lowest BCUT2D eigenvalue weighted by molar-refractivity contribution is -0.0779. The highest BCUT2D eigenvalue weighted by molar-refractivity contribution is 7.88. The largest absolute Gasteiger partial charge is 0.373 e. The first-order valence-electron chi connectivity index (χ1n) is 8.64. The molecule has 2 heterocycles. The van der Waals surface area contributed by atoms with E-state index in [0.717, 1.165) is 38.9 Å². The Morgan fingerprint density at radius 2 is 2.17 bits per heavy atom. The van der Waals surface area contributed by atoms with Gasteiger partial charge < -0.3 is 4.74 Å². The molecule has 2 fully saturated rings. The number of likely N-dealkylation sites (tertiary alicyclic amines) is 1. The van der Waals surface area contributed by atoms with Crippen LogP contribution in [0.25, 0.3) is 0 Å². The van der Waals surface area contributed by atoms with Crippen molar-refractivity contribution in [2.45, 2.75) is 51.3 Å². The van der Waals surface area contributed by atoms with Crippen LogP contribution in [0.2, 0.25) is 0 Å². The molecule has 1 aromatic carbocycles. The predicted molar refractivity (Wildman–Crippen MR) is 95.5 cm³/mol. The van der Waals surface area contributed by atoms with E-state index >= 15 is 0 Å². The topological polar surface area (TPSA) is 58.6 Å². The smallest absolute Gasteiger partial charge is 0.208 e. The van der Waals surface area contributed by atoms with Gasteiger partial charge in [0.05, 0.1) is 11.9 Å². The van der Waals surface area contributed by atoms with E-state index in [1.54, 1.807) is 0 Å². The molecule has 5 nitrogen and oxygen atoms in total. The summed E-state index contributed by atoms with van der Waals surface area (Å²) in [7, 11) is -3.16. The Hall–Kier alpha value is -0.950. The zero-order valence-electron chi connectivity index (χ0n) is 14.8. The van der Waals surface area contributed by atoms with Gasteiger partial charge in [0.2, 0.25) is 10.0 Å². The summed E-state index contributed by atoms with van der Waals surface area (Å²) in [6.07, 6.45) is 3.73. The minimum atomic E-state index is -3.16. The third-order valence-electron chi connectivity index (χ3n) is 5.17. The summed E-state index contributed by atoms with van der Waals surface area (Å²) in [6.45, 7) is 7.72. The van der Waals surface area contributed by atoms with Crippen LogP contribution in [-0.4, -0.2) is 50.9 Å². The molecule has 134 valence electrons. The van der Waals surface area contributed by atoms with Crippen molar-refractivity contribution >= 4 is 10.0 Å². The van der Waals surface area contributed by atoms with E-state index in [4.69, 9.17) is 4.74 Å². The second-order valence-corrected chi connectivity index (χ2v) is 9.28. The van der Waals surface area contributed by atoms with E-state index in [9.17, 15) is 8.42 Å². The molecule has 0 amide bonds. The number of rotatable bonds is 4. The minimum absolute atomic E-state index is 0.00518. The number of hydrogen-bond donors (Lipinski definition) is 1. The molecule has 0 aromatic heterocycles. The second kappa shape index (κ2) is 6.75. The van der Waals surface area contributed by atoms with Crippen molar-refractivity contribution in [2.24, 2.45) is 0 Å². The first kappa shape index (κ1) is 17.9. The fraction of sp³-hybridized carbons (Fsp3) is 0.667. The number of ether oxygens (including phenoxy) is 1. The van der Waals surface area contributed by atoms with E-state index in [1.165, 1.54) is 22.9 Å². The molecule has 1 aromatic rings. The molecule has 2 aliphatic rings. The van der Waals surface area contributed by atoms with Crippen LogP contribution in [-0.2, 0) is 21.3 Å². The Morgan fingerprint density at radius 1 is 1.38 bits per heavy atom. The number of aryl methyl sites for hydroxylation is 2. The Morgan fingerprint density at radius 3 is 2.92 bits per heavy atom. The van der Waals surface area contributed by atoms with Crippen LogP contribution in [0.5, 0.6) is 0 Å². The third-order valence-corrected chi connectivity index (χ3v) is 5.93. The van der Waals surface area contributed by atoms with Gasteiger partial charge >= 0.3 is 0 Å². The lowest BCUT2D eigenvalue weighted by Gasteiger charge is -2.38. The molecule has 2 atom stereocenters. The lowest BCUT2D eigenvalue weighted by Crippen LogP contribution is -2.49. The van der Waals surface area contributed by atoms with E-state index < -0.39 is 10.0 Å². The molecule has 0 bridgehead atoms. The first-order valence-corrected chi connectivity index (χ1v) is 10.5.